The van der Waals surface area contributed by atoms with Gasteiger partial charge in [0.05, 0.1) is 26.5 Å². The number of nitrogens with zero attached hydrogens (tertiary/aromatic N) is 2. The first-order chi connectivity index (χ1) is 12.2. The second-order valence-corrected chi connectivity index (χ2v) is 5.13. The van der Waals surface area contributed by atoms with Gasteiger partial charge in [0.25, 0.3) is 0 Å². The lowest BCUT2D eigenvalue weighted by Gasteiger charge is -2.13. The number of benzene rings is 1. The Hall–Kier alpha value is -2.36. The predicted octanol–water partition coefficient (Wildman–Crippen LogP) is 2.36. The van der Waals surface area contributed by atoms with E-state index in [4.69, 9.17) is 9.47 Å². The van der Waals surface area contributed by atoms with Crippen LogP contribution in [0, 0.1) is 0 Å². The van der Waals surface area contributed by atoms with Crippen LogP contribution < -0.4 is 15.4 Å². The molecule has 1 aromatic carbocycles. The molecule has 7 nitrogen and oxygen atoms in total. The maximum atomic E-state index is 11.8. The molecular formula is C18H23IN4O3. The molecule has 0 unspecified atom stereocenters. The maximum absolute atomic E-state index is 11.8. The summed E-state index contributed by atoms with van der Waals surface area (Å²) in [5.41, 5.74) is 2.21. The lowest BCUT2D eigenvalue weighted by molar-refractivity contribution is 0.0597. The van der Waals surface area contributed by atoms with E-state index in [0.29, 0.717) is 30.4 Å². The van der Waals surface area contributed by atoms with E-state index in [1.54, 1.807) is 25.4 Å². The molecule has 140 valence electrons. The number of guanidine groups is 1. The molecule has 0 radical (unpaired) electrons. The number of aliphatic imine (C=N–C) groups is 1. The summed E-state index contributed by atoms with van der Waals surface area (Å²) in [5.74, 6) is 0.686. The van der Waals surface area contributed by atoms with Gasteiger partial charge in [0.2, 0.25) is 0 Å². The fraction of sp³-hybridized carbons (Fsp3) is 0.278. The highest BCUT2D eigenvalue weighted by molar-refractivity contribution is 14.0. The Morgan fingerprint density at radius 3 is 2.54 bits per heavy atom. The molecule has 0 amide bonds. The predicted molar refractivity (Wildman–Crippen MR) is 111 cm³/mol. The van der Waals surface area contributed by atoms with Gasteiger partial charge >= 0.3 is 5.97 Å². The minimum Gasteiger partial charge on any atom is -0.496 e. The summed E-state index contributed by atoms with van der Waals surface area (Å²) >= 11 is 0. The number of carbonyl (C=O) groups is 1. The Morgan fingerprint density at radius 2 is 1.92 bits per heavy atom. The summed E-state index contributed by atoms with van der Waals surface area (Å²) in [6.07, 6.45) is 1.75. The summed E-state index contributed by atoms with van der Waals surface area (Å²) in [5, 5.41) is 6.38. The number of aromatic nitrogens is 1. The lowest BCUT2D eigenvalue weighted by Crippen LogP contribution is -2.36. The zero-order chi connectivity index (χ0) is 18.1. The number of hydrogen-bond donors (Lipinski definition) is 2. The molecule has 2 aromatic rings. The van der Waals surface area contributed by atoms with Crippen LogP contribution >= 0.6 is 24.0 Å². The number of ether oxygens (including phenoxy) is 2. The zero-order valence-corrected chi connectivity index (χ0v) is 17.3. The highest BCUT2D eigenvalue weighted by atomic mass is 127. The topological polar surface area (TPSA) is 84.8 Å². The Labute approximate surface area is 170 Å². The van der Waals surface area contributed by atoms with Crippen LogP contribution in [-0.4, -0.2) is 38.2 Å². The van der Waals surface area contributed by atoms with E-state index in [1.807, 2.05) is 24.3 Å². The molecule has 0 saturated carbocycles. The van der Waals surface area contributed by atoms with Gasteiger partial charge in [-0.2, -0.15) is 0 Å². The first-order valence-corrected chi connectivity index (χ1v) is 7.77. The number of rotatable bonds is 6. The van der Waals surface area contributed by atoms with Gasteiger partial charge in [-0.1, -0.05) is 12.1 Å². The SMILES string of the molecule is CN=C(NCc1ccc(OC)c(C(=O)OC)c1)NCc1ccccn1.I. The van der Waals surface area contributed by atoms with Crippen molar-refractivity contribution in [2.24, 2.45) is 4.99 Å². The Kier molecular flexibility index (Phi) is 9.42. The molecule has 0 aliphatic carbocycles. The second kappa shape index (κ2) is 11.3. The third kappa shape index (κ3) is 6.17. The van der Waals surface area contributed by atoms with Gasteiger partial charge in [0.1, 0.15) is 11.3 Å². The van der Waals surface area contributed by atoms with Gasteiger partial charge in [-0.25, -0.2) is 4.79 Å². The number of esters is 1. The normalized spacial score (nSPS) is 10.5. The van der Waals surface area contributed by atoms with Crippen LogP contribution in [0.2, 0.25) is 0 Å². The molecule has 0 saturated heterocycles. The first-order valence-electron chi connectivity index (χ1n) is 7.77. The number of nitrogens with one attached hydrogen (secondary N) is 2. The van der Waals surface area contributed by atoms with Crippen molar-refractivity contribution < 1.29 is 14.3 Å². The summed E-state index contributed by atoms with van der Waals surface area (Å²) in [7, 11) is 4.56. The van der Waals surface area contributed by atoms with Crippen molar-refractivity contribution in [1.82, 2.24) is 15.6 Å². The minimum absolute atomic E-state index is 0. The average Bonchev–Trinajstić information content (AvgIpc) is 2.68. The van der Waals surface area contributed by atoms with E-state index in [9.17, 15) is 4.79 Å². The molecule has 1 aromatic heterocycles. The summed E-state index contributed by atoms with van der Waals surface area (Å²) in [6.45, 7) is 1.06. The van der Waals surface area contributed by atoms with Crippen molar-refractivity contribution >= 4 is 35.9 Å². The minimum atomic E-state index is -0.434. The number of methoxy groups -OCH3 is 2. The Bertz CT molecular complexity index is 738. The third-order valence-corrected chi connectivity index (χ3v) is 3.52. The molecule has 0 fully saturated rings. The molecule has 1 heterocycles. The van der Waals surface area contributed by atoms with E-state index in [1.165, 1.54) is 14.2 Å². The number of carbonyl (C=O) groups excluding carboxylic acids is 1. The van der Waals surface area contributed by atoms with Gasteiger partial charge < -0.3 is 20.1 Å². The van der Waals surface area contributed by atoms with E-state index in [0.717, 1.165) is 11.3 Å². The maximum Gasteiger partial charge on any atom is 0.341 e. The van der Waals surface area contributed by atoms with Gasteiger partial charge in [0.15, 0.2) is 5.96 Å². The highest BCUT2D eigenvalue weighted by Crippen LogP contribution is 2.20. The van der Waals surface area contributed by atoms with E-state index in [-0.39, 0.29) is 24.0 Å². The standard InChI is InChI=1S/C18H22N4O3.HI/c1-19-18(22-12-14-6-4-5-9-20-14)21-11-13-7-8-16(24-2)15(10-13)17(23)25-3;/h4-10H,11-12H2,1-3H3,(H2,19,21,22);1H. The third-order valence-electron chi connectivity index (χ3n) is 3.52. The number of pyridine rings is 1. The van der Waals surface area contributed by atoms with E-state index >= 15 is 0 Å². The summed E-state index contributed by atoms with van der Waals surface area (Å²) in [4.78, 5) is 20.3. The molecule has 0 aliphatic rings. The molecule has 0 spiro atoms. The largest absolute Gasteiger partial charge is 0.496 e. The molecule has 2 rings (SSSR count). The van der Waals surface area contributed by atoms with Gasteiger partial charge in [-0.3, -0.25) is 9.98 Å². The van der Waals surface area contributed by atoms with Crippen LogP contribution in [0.25, 0.3) is 0 Å². The Morgan fingerprint density at radius 1 is 1.15 bits per heavy atom. The zero-order valence-electron chi connectivity index (χ0n) is 15.0. The highest BCUT2D eigenvalue weighted by Gasteiger charge is 2.13. The van der Waals surface area contributed by atoms with Crippen molar-refractivity contribution in [2.75, 3.05) is 21.3 Å². The smallest absolute Gasteiger partial charge is 0.341 e. The number of halogens is 1. The molecule has 0 atom stereocenters. The van der Waals surface area contributed by atoms with Crippen LogP contribution in [0.1, 0.15) is 21.6 Å². The van der Waals surface area contributed by atoms with Crippen molar-refractivity contribution in [3.8, 4) is 5.75 Å². The van der Waals surface area contributed by atoms with Crippen LogP contribution in [0.5, 0.6) is 5.75 Å². The molecule has 0 bridgehead atoms. The van der Waals surface area contributed by atoms with Gasteiger partial charge in [0, 0.05) is 19.8 Å². The molecule has 0 aliphatic heterocycles. The summed E-state index contributed by atoms with van der Waals surface area (Å²) in [6, 6.07) is 11.1. The quantitative estimate of drug-likeness (QED) is 0.292. The van der Waals surface area contributed by atoms with E-state index < -0.39 is 5.97 Å². The molecular weight excluding hydrogens is 447 g/mol. The van der Waals surface area contributed by atoms with Crippen molar-refractivity contribution in [2.45, 2.75) is 13.1 Å². The van der Waals surface area contributed by atoms with Crippen LogP contribution in [-0.2, 0) is 17.8 Å². The number of hydrogen-bond acceptors (Lipinski definition) is 5. The monoisotopic (exact) mass is 470 g/mol. The molecule has 8 heteroatoms. The molecule has 2 N–H and O–H groups in total. The fourth-order valence-corrected chi connectivity index (χ4v) is 2.22. The fourth-order valence-electron chi connectivity index (χ4n) is 2.22. The Balaban J connectivity index is 0.00000338. The van der Waals surface area contributed by atoms with Crippen molar-refractivity contribution in [3.05, 3.63) is 59.4 Å². The lowest BCUT2D eigenvalue weighted by atomic mass is 10.1. The van der Waals surface area contributed by atoms with E-state index in [2.05, 4.69) is 20.6 Å². The van der Waals surface area contributed by atoms with Gasteiger partial charge in [-0.05, 0) is 29.8 Å². The van der Waals surface area contributed by atoms with Crippen molar-refractivity contribution in [3.63, 3.8) is 0 Å². The first kappa shape index (κ1) is 21.7. The van der Waals surface area contributed by atoms with Gasteiger partial charge in [-0.15, -0.1) is 24.0 Å². The average molecular weight is 470 g/mol. The second-order valence-electron chi connectivity index (χ2n) is 5.13. The molecule has 26 heavy (non-hydrogen) atoms. The van der Waals surface area contributed by atoms with Crippen LogP contribution in [0.15, 0.2) is 47.6 Å². The summed E-state index contributed by atoms with van der Waals surface area (Å²) < 4.78 is 9.98. The van der Waals surface area contributed by atoms with Crippen LogP contribution in [0.4, 0.5) is 0 Å². The van der Waals surface area contributed by atoms with Crippen molar-refractivity contribution in [1.29, 1.82) is 0 Å². The van der Waals surface area contributed by atoms with Crippen LogP contribution in [0.3, 0.4) is 0 Å².